The molecular weight excluding hydrogens is 519 g/mol. The number of benzene rings is 1. The summed E-state index contributed by atoms with van der Waals surface area (Å²) in [6, 6.07) is 11.3. The molecule has 1 aliphatic carbocycles. The first-order valence-electron chi connectivity index (χ1n) is 9.54. The van der Waals surface area contributed by atoms with Crippen molar-refractivity contribution in [3.05, 3.63) is 52.2 Å². The van der Waals surface area contributed by atoms with Gasteiger partial charge in [-0.25, -0.2) is 13.1 Å². The lowest BCUT2D eigenvalue weighted by molar-refractivity contribution is 0.562. The second kappa shape index (κ2) is 11.3. The van der Waals surface area contributed by atoms with Crippen molar-refractivity contribution in [1.82, 2.24) is 15.4 Å². The third kappa shape index (κ3) is 7.88. The fourth-order valence-electron chi connectivity index (χ4n) is 2.80. The highest BCUT2D eigenvalue weighted by atomic mass is 127. The first kappa shape index (κ1) is 24.1. The third-order valence-corrected chi connectivity index (χ3v) is 7.00. The van der Waals surface area contributed by atoms with Crippen molar-refractivity contribution in [2.75, 3.05) is 13.6 Å². The highest BCUT2D eigenvalue weighted by Gasteiger charge is 2.27. The summed E-state index contributed by atoms with van der Waals surface area (Å²) in [6.07, 6.45) is 2.91. The zero-order valence-corrected chi connectivity index (χ0v) is 20.7. The molecule has 0 bridgehead atoms. The van der Waals surface area contributed by atoms with Crippen LogP contribution in [0.2, 0.25) is 0 Å². The van der Waals surface area contributed by atoms with Crippen LogP contribution in [-0.2, 0) is 23.0 Å². The lowest BCUT2D eigenvalue weighted by atomic mass is 10.1. The largest absolute Gasteiger partial charge is 0.356 e. The second-order valence-corrected chi connectivity index (χ2v) is 9.98. The first-order valence-corrected chi connectivity index (χ1v) is 11.9. The molecule has 1 fully saturated rings. The highest BCUT2D eigenvalue weighted by Crippen LogP contribution is 2.22. The Labute approximate surface area is 194 Å². The number of nitrogens with one attached hydrogen (secondary N) is 3. The van der Waals surface area contributed by atoms with Crippen molar-refractivity contribution in [3.63, 3.8) is 0 Å². The van der Waals surface area contributed by atoms with E-state index in [0.29, 0.717) is 17.4 Å². The minimum atomic E-state index is -3.40. The van der Waals surface area contributed by atoms with Gasteiger partial charge >= 0.3 is 0 Å². The lowest BCUT2D eigenvalue weighted by Gasteiger charge is -2.16. The molecule has 1 aromatic heterocycles. The lowest BCUT2D eigenvalue weighted by Crippen LogP contribution is -2.39. The van der Waals surface area contributed by atoms with Crippen LogP contribution in [-0.4, -0.2) is 34.0 Å². The number of guanidine groups is 1. The normalized spacial score (nSPS) is 15.4. The van der Waals surface area contributed by atoms with E-state index in [1.165, 1.54) is 4.88 Å². The van der Waals surface area contributed by atoms with Crippen LogP contribution in [0, 0.1) is 5.92 Å². The van der Waals surface area contributed by atoms with Crippen LogP contribution in [0.3, 0.4) is 0 Å². The molecule has 29 heavy (non-hydrogen) atoms. The Kier molecular flexibility index (Phi) is 9.38. The van der Waals surface area contributed by atoms with Gasteiger partial charge < -0.3 is 10.6 Å². The van der Waals surface area contributed by atoms with Crippen LogP contribution in [0.4, 0.5) is 0 Å². The number of rotatable bonds is 9. The number of nitrogens with zero attached hydrogens (tertiary/aromatic N) is 1. The van der Waals surface area contributed by atoms with E-state index in [-0.39, 0.29) is 30.0 Å². The summed E-state index contributed by atoms with van der Waals surface area (Å²) < 4.78 is 27.1. The maximum absolute atomic E-state index is 12.2. The van der Waals surface area contributed by atoms with E-state index >= 15 is 0 Å². The molecule has 0 amide bonds. The van der Waals surface area contributed by atoms with E-state index in [2.05, 4.69) is 44.8 Å². The summed E-state index contributed by atoms with van der Waals surface area (Å²) >= 11 is 1.79. The molecule has 0 radical (unpaired) electrons. The Balaban J connectivity index is 0.00000300. The van der Waals surface area contributed by atoms with Gasteiger partial charge in [0.25, 0.3) is 0 Å². The fourth-order valence-corrected chi connectivity index (χ4v) is 4.97. The first-order chi connectivity index (χ1) is 13.5. The molecule has 0 spiro atoms. The number of hydrogen-bond acceptors (Lipinski definition) is 4. The van der Waals surface area contributed by atoms with Gasteiger partial charge in [0, 0.05) is 31.1 Å². The van der Waals surface area contributed by atoms with Gasteiger partial charge in [-0.3, -0.25) is 4.99 Å². The minimum absolute atomic E-state index is 0. The van der Waals surface area contributed by atoms with Gasteiger partial charge in [0.05, 0.1) is 4.90 Å². The number of halogens is 1. The van der Waals surface area contributed by atoms with E-state index in [9.17, 15) is 8.42 Å². The van der Waals surface area contributed by atoms with Crippen LogP contribution in [0.5, 0.6) is 0 Å². The van der Waals surface area contributed by atoms with Crippen LogP contribution < -0.4 is 15.4 Å². The van der Waals surface area contributed by atoms with Crippen LogP contribution in [0.15, 0.2) is 51.7 Å². The summed E-state index contributed by atoms with van der Waals surface area (Å²) in [6.45, 7) is 3.63. The van der Waals surface area contributed by atoms with Gasteiger partial charge in [-0.2, -0.15) is 0 Å². The molecular formula is C20H29IN4O2S2. The van der Waals surface area contributed by atoms with Crippen molar-refractivity contribution in [2.45, 2.75) is 43.7 Å². The predicted molar refractivity (Wildman–Crippen MR) is 131 cm³/mol. The molecule has 0 aliphatic heterocycles. The average molecular weight is 549 g/mol. The zero-order chi connectivity index (χ0) is 20.0. The van der Waals surface area contributed by atoms with Crippen LogP contribution in [0.25, 0.3) is 0 Å². The molecule has 6 nitrogen and oxygen atoms in total. The summed E-state index contributed by atoms with van der Waals surface area (Å²) in [5.41, 5.74) is 1.000. The Morgan fingerprint density at radius 3 is 2.52 bits per heavy atom. The molecule has 1 aliphatic rings. The van der Waals surface area contributed by atoms with E-state index in [1.807, 2.05) is 12.1 Å². The van der Waals surface area contributed by atoms with Crippen molar-refractivity contribution in [2.24, 2.45) is 10.9 Å². The van der Waals surface area contributed by atoms with E-state index < -0.39 is 10.0 Å². The Morgan fingerprint density at radius 2 is 1.93 bits per heavy atom. The zero-order valence-electron chi connectivity index (χ0n) is 16.7. The predicted octanol–water partition coefficient (Wildman–Crippen LogP) is 3.35. The molecule has 1 unspecified atom stereocenters. The van der Waals surface area contributed by atoms with Gasteiger partial charge in [-0.05, 0) is 54.3 Å². The van der Waals surface area contributed by atoms with Gasteiger partial charge in [0.2, 0.25) is 10.0 Å². The molecule has 3 N–H and O–H groups in total. The van der Waals surface area contributed by atoms with Crippen molar-refractivity contribution in [3.8, 4) is 0 Å². The Morgan fingerprint density at radius 1 is 1.21 bits per heavy atom. The average Bonchev–Trinajstić information content (AvgIpc) is 3.33. The Hall–Kier alpha value is -1.17. The topological polar surface area (TPSA) is 82.6 Å². The highest BCUT2D eigenvalue weighted by molar-refractivity contribution is 14.0. The summed E-state index contributed by atoms with van der Waals surface area (Å²) in [5, 5.41) is 8.74. The van der Waals surface area contributed by atoms with Crippen molar-refractivity contribution in [1.29, 1.82) is 0 Å². The standard InChI is InChI=1S/C20H28N4O2S2.HI/c1-15(12-18-4-3-11-27-18)13-22-20(21-2)23-14-16-5-9-19(10-6-16)28(25,26)24-17-7-8-17;/h3-6,9-11,15,17,24H,7-8,12-14H2,1-2H3,(H2,21,22,23);1H. The van der Waals surface area contributed by atoms with Crippen molar-refractivity contribution >= 4 is 51.3 Å². The number of hydrogen-bond donors (Lipinski definition) is 3. The fraction of sp³-hybridized carbons (Fsp3) is 0.450. The number of thiophene rings is 1. The molecule has 1 aromatic carbocycles. The molecule has 9 heteroatoms. The molecule has 1 saturated carbocycles. The van der Waals surface area contributed by atoms with E-state index in [0.717, 1.165) is 37.3 Å². The molecule has 160 valence electrons. The maximum atomic E-state index is 12.2. The minimum Gasteiger partial charge on any atom is -0.356 e. The molecule has 1 heterocycles. The van der Waals surface area contributed by atoms with Crippen molar-refractivity contribution < 1.29 is 8.42 Å². The second-order valence-electron chi connectivity index (χ2n) is 7.23. The SMILES string of the molecule is CN=C(NCc1ccc(S(=O)(=O)NC2CC2)cc1)NCC(C)Cc1cccs1.I. The molecule has 0 saturated heterocycles. The van der Waals surface area contributed by atoms with Crippen LogP contribution in [0.1, 0.15) is 30.2 Å². The van der Waals surface area contributed by atoms with Gasteiger partial charge in [-0.15, -0.1) is 35.3 Å². The number of sulfonamides is 1. The van der Waals surface area contributed by atoms with Crippen LogP contribution >= 0.6 is 35.3 Å². The Bertz CT molecular complexity index is 880. The maximum Gasteiger partial charge on any atom is 0.240 e. The molecule has 1 atom stereocenters. The van der Waals surface area contributed by atoms with Gasteiger partial charge in [0.15, 0.2) is 5.96 Å². The summed E-state index contributed by atoms with van der Waals surface area (Å²) in [5.74, 6) is 1.24. The van der Waals surface area contributed by atoms with E-state index in [1.54, 1.807) is 30.5 Å². The smallest absolute Gasteiger partial charge is 0.240 e. The molecule has 2 aromatic rings. The third-order valence-electron chi connectivity index (χ3n) is 4.56. The summed E-state index contributed by atoms with van der Waals surface area (Å²) in [4.78, 5) is 5.96. The number of aliphatic imine (C=N–C) groups is 1. The monoisotopic (exact) mass is 548 g/mol. The summed E-state index contributed by atoms with van der Waals surface area (Å²) in [7, 11) is -1.65. The van der Waals surface area contributed by atoms with Gasteiger partial charge in [-0.1, -0.05) is 25.1 Å². The quantitative estimate of drug-likeness (QED) is 0.255. The van der Waals surface area contributed by atoms with Gasteiger partial charge in [0.1, 0.15) is 0 Å². The molecule has 3 rings (SSSR count). The van der Waals surface area contributed by atoms with E-state index in [4.69, 9.17) is 0 Å².